The second-order valence-corrected chi connectivity index (χ2v) is 4.16. The van der Waals surface area contributed by atoms with Crippen molar-refractivity contribution < 1.29 is 14.6 Å². The molecule has 0 fully saturated rings. The Hall–Kier alpha value is -2.33. The number of hydrogen-bond donors (Lipinski definition) is 2. The smallest absolute Gasteiger partial charge is 0.327 e. The van der Waals surface area contributed by atoms with Crippen molar-refractivity contribution in [3.05, 3.63) is 65.7 Å². The van der Waals surface area contributed by atoms with Crippen molar-refractivity contribution >= 4 is 5.97 Å². The van der Waals surface area contributed by atoms with Crippen LogP contribution < -0.4 is 5.73 Å². The van der Waals surface area contributed by atoms with Crippen molar-refractivity contribution in [1.82, 2.24) is 0 Å². The maximum atomic E-state index is 11.8. The first-order valence-electron chi connectivity index (χ1n) is 5.92. The lowest BCUT2D eigenvalue weighted by atomic mass is 10.1. The molecular weight excluding hydrogens is 242 g/mol. The van der Waals surface area contributed by atoms with Crippen LogP contribution in [-0.2, 0) is 16.1 Å². The number of aromatic hydroxyl groups is 1. The van der Waals surface area contributed by atoms with E-state index in [0.29, 0.717) is 5.56 Å². The molecule has 1 atom stereocenters. The number of phenolic OH excluding ortho intramolecular Hbond substituents is 1. The van der Waals surface area contributed by atoms with Crippen LogP contribution in [0.25, 0.3) is 0 Å². The van der Waals surface area contributed by atoms with Gasteiger partial charge in [0.15, 0.2) is 0 Å². The highest BCUT2D eigenvalue weighted by Gasteiger charge is 2.17. The summed E-state index contributed by atoms with van der Waals surface area (Å²) in [6.07, 6.45) is 0. The van der Waals surface area contributed by atoms with Crippen LogP contribution in [0.1, 0.15) is 17.2 Å². The van der Waals surface area contributed by atoms with Gasteiger partial charge in [0, 0.05) is 0 Å². The maximum absolute atomic E-state index is 11.8. The molecule has 3 N–H and O–H groups in total. The molecule has 0 aliphatic rings. The van der Waals surface area contributed by atoms with Crippen molar-refractivity contribution in [2.24, 2.45) is 5.73 Å². The number of phenols is 1. The quantitative estimate of drug-likeness (QED) is 0.823. The molecule has 0 radical (unpaired) electrons. The maximum Gasteiger partial charge on any atom is 0.327 e. The van der Waals surface area contributed by atoms with E-state index in [0.717, 1.165) is 5.56 Å². The van der Waals surface area contributed by atoms with Crippen LogP contribution in [0.5, 0.6) is 5.75 Å². The summed E-state index contributed by atoms with van der Waals surface area (Å²) in [6.45, 7) is 0.200. The summed E-state index contributed by atoms with van der Waals surface area (Å²) < 4.78 is 5.15. The Bertz CT molecular complexity index is 537. The fourth-order valence-electron chi connectivity index (χ4n) is 1.64. The van der Waals surface area contributed by atoms with Gasteiger partial charge in [-0.2, -0.15) is 0 Å². The summed E-state index contributed by atoms with van der Waals surface area (Å²) in [5.74, 6) is -0.358. The SMILES string of the molecule is N[C@H](C(=O)OCc1ccccc1)c1ccc(O)cc1. The van der Waals surface area contributed by atoms with Gasteiger partial charge in [-0.1, -0.05) is 42.5 Å². The van der Waals surface area contributed by atoms with Crippen LogP contribution in [-0.4, -0.2) is 11.1 Å². The Morgan fingerprint density at radius 1 is 1.11 bits per heavy atom. The van der Waals surface area contributed by atoms with E-state index in [9.17, 15) is 9.90 Å². The van der Waals surface area contributed by atoms with Crippen molar-refractivity contribution in [2.45, 2.75) is 12.6 Å². The number of benzene rings is 2. The predicted octanol–water partition coefficient (Wildman–Crippen LogP) is 2.14. The molecule has 0 aliphatic heterocycles. The molecule has 2 rings (SSSR count). The molecule has 0 spiro atoms. The predicted molar refractivity (Wildman–Crippen MR) is 71.3 cm³/mol. The zero-order chi connectivity index (χ0) is 13.7. The lowest BCUT2D eigenvalue weighted by Gasteiger charge is -2.12. The van der Waals surface area contributed by atoms with E-state index < -0.39 is 12.0 Å². The topological polar surface area (TPSA) is 72.6 Å². The highest BCUT2D eigenvalue weighted by molar-refractivity contribution is 5.77. The fraction of sp³-hybridized carbons (Fsp3) is 0.133. The number of carbonyl (C=O) groups excluding carboxylic acids is 1. The Kier molecular flexibility index (Phi) is 4.15. The fourth-order valence-corrected chi connectivity index (χ4v) is 1.64. The molecule has 0 unspecified atom stereocenters. The average molecular weight is 257 g/mol. The molecule has 4 heteroatoms. The van der Waals surface area contributed by atoms with Crippen molar-refractivity contribution in [1.29, 1.82) is 0 Å². The van der Waals surface area contributed by atoms with E-state index in [1.807, 2.05) is 30.3 Å². The standard InChI is InChI=1S/C15H15NO3/c16-14(12-6-8-13(17)9-7-12)15(18)19-10-11-4-2-1-3-5-11/h1-9,14,17H,10,16H2/t14-/m0/s1. The first kappa shape index (κ1) is 13.1. The third kappa shape index (κ3) is 3.56. The monoisotopic (exact) mass is 257 g/mol. The van der Waals surface area contributed by atoms with Gasteiger partial charge in [0.2, 0.25) is 0 Å². The summed E-state index contributed by atoms with van der Waals surface area (Å²) in [5, 5.41) is 9.17. The van der Waals surface area contributed by atoms with E-state index in [2.05, 4.69) is 0 Å². The molecule has 0 bridgehead atoms. The normalized spacial score (nSPS) is 11.8. The Morgan fingerprint density at radius 3 is 2.37 bits per heavy atom. The minimum absolute atomic E-state index is 0.133. The summed E-state index contributed by atoms with van der Waals surface area (Å²) in [5.41, 5.74) is 7.31. The molecule has 0 saturated carbocycles. The van der Waals surface area contributed by atoms with E-state index in [4.69, 9.17) is 10.5 Å². The highest BCUT2D eigenvalue weighted by Crippen LogP contribution is 2.16. The van der Waals surface area contributed by atoms with E-state index in [1.54, 1.807) is 12.1 Å². The van der Waals surface area contributed by atoms with Crippen LogP contribution in [0.15, 0.2) is 54.6 Å². The van der Waals surface area contributed by atoms with Gasteiger partial charge in [-0.25, -0.2) is 4.79 Å². The number of hydrogen-bond acceptors (Lipinski definition) is 4. The lowest BCUT2D eigenvalue weighted by molar-refractivity contribution is -0.146. The summed E-state index contributed by atoms with van der Waals surface area (Å²) in [6, 6.07) is 14.7. The third-order valence-corrected chi connectivity index (χ3v) is 2.73. The second kappa shape index (κ2) is 6.02. The summed E-state index contributed by atoms with van der Waals surface area (Å²) >= 11 is 0. The van der Waals surface area contributed by atoms with Gasteiger partial charge in [0.1, 0.15) is 18.4 Å². The summed E-state index contributed by atoms with van der Waals surface area (Å²) in [7, 11) is 0. The van der Waals surface area contributed by atoms with Gasteiger partial charge in [0.25, 0.3) is 0 Å². The number of esters is 1. The van der Waals surface area contributed by atoms with Gasteiger partial charge < -0.3 is 15.6 Å². The summed E-state index contributed by atoms with van der Waals surface area (Å²) in [4.78, 5) is 11.8. The number of rotatable bonds is 4. The zero-order valence-electron chi connectivity index (χ0n) is 10.3. The van der Waals surface area contributed by atoms with Crippen molar-refractivity contribution in [2.75, 3.05) is 0 Å². The minimum atomic E-state index is -0.843. The number of carbonyl (C=O) groups is 1. The molecule has 0 aliphatic carbocycles. The Balaban J connectivity index is 1.94. The molecule has 2 aromatic carbocycles. The molecule has 19 heavy (non-hydrogen) atoms. The van der Waals surface area contributed by atoms with Crippen LogP contribution in [0, 0.1) is 0 Å². The van der Waals surface area contributed by atoms with Crippen LogP contribution in [0.3, 0.4) is 0 Å². The number of nitrogens with two attached hydrogens (primary N) is 1. The second-order valence-electron chi connectivity index (χ2n) is 4.16. The van der Waals surface area contributed by atoms with Gasteiger partial charge >= 0.3 is 5.97 Å². The minimum Gasteiger partial charge on any atom is -0.508 e. The first-order valence-corrected chi connectivity index (χ1v) is 5.92. The van der Waals surface area contributed by atoms with Crippen LogP contribution >= 0.6 is 0 Å². The molecular formula is C15H15NO3. The van der Waals surface area contributed by atoms with E-state index in [1.165, 1.54) is 12.1 Å². The largest absolute Gasteiger partial charge is 0.508 e. The van der Waals surface area contributed by atoms with Crippen LogP contribution in [0.2, 0.25) is 0 Å². The van der Waals surface area contributed by atoms with E-state index >= 15 is 0 Å². The first-order chi connectivity index (χ1) is 9.16. The van der Waals surface area contributed by atoms with E-state index in [-0.39, 0.29) is 12.4 Å². The molecule has 0 aromatic heterocycles. The van der Waals surface area contributed by atoms with Gasteiger partial charge in [-0.3, -0.25) is 0 Å². The molecule has 98 valence electrons. The average Bonchev–Trinajstić information content (AvgIpc) is 2.46. The third-order valence-electron chi connectivity index (χ3n) is 2.73. The Labute approximate surface area is 111 Å². The molecule has 0 heterocycles. The van der Waals surface area contributed by atoms with Gasteiger partial charge in [-0.15, -0.1) is 0 Å². The van der Waals surface area contributed by atoms with Crippen molar-refractivity contribution in [3.63, 3.8) is 0 Å². The van der Waals surface area contributed by atoms with Gasteiger partial charge in [0.05, 0.1) is 0 Å². The van der Waals surface area contributed by atoms with Crippen molar-refractivity contribution in [3.8, 4) is 5.75 Å². The highest BCUT2D eigenvalue weighted by atomic mass is 16.5. The molecule has 0 saturated heterocycles. The zero-order valence-corrected chi connectivity index (χ0v) is 10.3. The molecule has 4 nitrogen and oxygen atoms in total. The molecule has 2 aromatic rings. The van der Waals surface area contributed by atoms with Gasteiger partial charge in [-0.05, 0) is 23.3 Å². The number of ether oxygens (including phenoxy) is 1. The van der Waals surface area contributed by atoms with Crippen LogP contribution in [0.4, 0.5) is 0 Å². The Morgan fingerprint density at radius 2 is 1.74 bits per heavy atom. The molecule has 0 amide bonds. The lowest BCUT2D eigenvalue weighted by Crippen LogP contribution is -2.23.